The monoisotopic (exact) mass is 301 g/mol. The van der Waals surface area contributed by atoms with Gasteiger partial charge in [0.15, 0.2) is 9.84 Å². The van der Waals surface area contributed by atoms with Crippen molar-refractivity contribution in [2.45, 2.75) is 13.0 Å². The molecule has 1 atom stereocenters. The Morgan fingerprint density at radius 3 is 2.75 bits per heavy atom. The molecule has 0 aromatic heterocycles. The normalized spacial score (nSPS) is 20.9. The van der Waals surface area contributed by atoms with Crippen LogP contribution in [0.3, 0.4) is 0 Å². The third kappa shape index (κ3) is 3.77. The van der Waals surface area contributed by atoms with E-state index in [0.717, 1.165) is 0 Å². The highest BCUT2D eigenvalue weighted by Gasteiger charge is 2.27. The Morgan fingerprint density at radius 2 is 2.20 bits per heavy atom. The predicted octanol–water partition coefficient (Wildman–Crippen LogP) is 1.05. The van der Waals surface area contributed by atoms with Crippen molar-refractivity contribution >= 4 is 15.8 Å². The lowest BCUT2D eigenvalue weighted by molar-refractivity contribution is 0.0692. The molecule has 20 heavy (non-hydrogen) atoms. The molecule has 0 spiro atoms. The van der Waals surface area contributed by atoms with E-state index in [1.54, 1.807) is 6.07 Å². The number of nitrogens with one attached hydrogen (secondary N) is 1. The van der Waals surface area contributed by atoms with Crippen molar-refractivity contribution in [3.8, 4) is 0 Å². The summed E-state index contributed by atoms with van der Waals surface area (Å²) in [5.74, 6) is -1.52. The average molecular weight is 301 g/mol. The van der Waals surface area contributed by atoms with Crippen LogP contribution < -0.4 is 5.32 Å². The lowest BCUT2D eigenvalue weighted by atomic mass is 10.1. The minimum absolute atomic E-state index is 0.100. The van der Waals surface area contributed by atoms with E-state index in [9.17, 15) is 17.6 Å². The molecule has 1 aromatic carbocycles. The van der Waals surface area contributed by atoms with Crippen LogP contribution in [0.2, 0.25) is 0 Å². The summed E-state index contributed by atoms with van der Waals surface area (Å²) in [6.07, 6.45) is 0.654. The van der Waals surface area contributed by atoms with Gasteiger partial charge in [-0.05, 0) is 36.6 Å². The molecule has 2 N–H and O–H groups in total. The molecule has 1 fully saturated rings. The molecule has 1 aliphatic heterocycles. The van der Waals surface area contributed by atoms with Crippen molar-refractivity contribution < 1.29 is 22.7 Å². The van der Waals surface area contributed by atoms with Crippen LogP contribution >= 0.6 is 0 Å². The highest BCUT2D eigenvalue weighted by atomic mass is 32.2. The molecule has 0 radical (unpaired) electrons. The van der Waals surface area contributed by atoms with Gasteiger partial charge in [0.1, 0.15) is 5.82 Å². The fraction of sp³-hybridized carbons (Fsp3) is 0.462. The average Bonchev–Trinajstić information content (AvgIpc) is 2.68. The van der Waals surface area contributed by atoms with Crippen LogP contribution in [-0.4, -0.2) is 37.5 Å². The lowest BCUT2D eigenvalue weighted by Crippen LogP contribution is -2.23. The molecule has 0 bridgehead atoms. The molecule has 7 heteroatoms. The molecule has 1 aliphatic rings. The summed E-state index contributed by atoms with van der Waals surface area (Å²) in [6.45, 7) is 0.939. The van der Waals surface area contributed by atoms with Gasteiger partial charge in [-0.15, -0.1) is 0 Å². The molecular weight excluding hydrogens is 285 g/mol. The topological polar surface area (TPSA) is 83.5 Å². The zero-order valence-corrected chi connectivity index (χ0v) is 11.6. The van der Waals surface area contributed by atoms with E-state index < -0.39 is 21.6 Å². The first-order valence-electron chi connectivity index (χ1n) is 6.30. The maximum Gasteiger partial charge on any atom is 0.338 e. The van der Waals surface area contributed by atoms with Crippen LogP contribution in [0.1, 0.15) is 22.3 Å². The van der Waals surface area contributed by atoms with Gasteiger partial charge in [0.25, 0.3) is 0 Å². The van der Waals surface area contributed by atoms with Crippen molar-refractivity contribution in [1.29, 1.82) is 0 Å². The molecule has 1 unspecified atom stereocenters. The van der Waals surface area contributed by atoms with Crippen molar-refractivity contribution in [2.75, 3.05) is 18.1 Å². The Hall–Kier alpha value is -1.47. The van der Waals surface area contributed by atoms with Crippen LogP contribution in [0.4, 0.5) is 4.39 Å². The van der Waals surface area contributed by atoms with Gasteiger partial charge in [-0.25, -0.2) is 17.6 Å². The largest absolute Gasteiger partial charge is 0.478 e. The summed E-state index contributed by atoms with van der Waals surface area (Å²) in [5, 5.41) is 11.8. The Balaban J connectivity index is 1.86. The van der Waals surface area contributed by atoms with Crippen molar-refractivity contribution in [3.05, 3.63) is 35.1 Å². The van der Waals surface area contributed by atoms with Crippen LogP contribution in [0.5, 0.6) is 0 Å². The van der Waals surface area contributed by atoms with E-state index in [0.29, 0.717) is 25.1 Å². The molecule has 0 saturated carbocycles. The Labute approximate surface area is 116 Å². The van der Waals surface area contributed by atoms with Crippen LogP contribution in [-0.2, 0) is 16.4 Å². The highest BCUT2D eigenvalue weighted by molar-refractivity contribution is 7.91. The second kappa shape index (κ2) is 5.88. The quantitative estimate of drug-likeness (QED) is 0.849. The second-order valence-electron chi connectivity index (χ2n) is 5.02. The first kappa shape index (κ1) is 14.9. The molecule has 1 saturated heterocycles. The minimum atomic E-state index is -2.88. The van der Waals surface area contributed by atoms with Gasteiger partial charge in [-0.1, -0.05) is 6.07 Å². The molecule has 0 amide bonds. The van der Waals surface area contributed by atoms with E-state index >= 15 is 0 Å². The molecule has 0 aliphatic carbocycles. The van der Waals surface area contributed by atoms with Crippen LogP contribution in [0.15, 0.2) is 18.2 Å². The van der Waals surface area contributed by atoms with Gasteiger partial charge in [-0.2, -0.15) is 0 Å². The Bertz CT molecular complexity index is 615. The maximum absolute atomic E-state index is 13.4. The third-order valence-corrected chi connectivity index (χ3v) is 5.19. The van der Waals surface area contributed by atoms with Gasteiger partial charge < -0.3 is 10.4 Å². The molecule has 1 heterocycles. The Morgan fingerprint density at radius 1 is 1.45 bits per heavy atom. The van der Waals surface area contributed by atoms with Gasteiger partial charge in [0.05, 0.1) is 17.1 Å². The summed E-state index contributed by atoms with van der Waals surface area (Å²) >= 11 is 0. The zero-order valence-electron chi connectivity index (χ0n) is 10.8. The van der Waals surface area contributed by atoms with Gasteiger partial charge in [-0.3, -0.25) is 0 Å². The number of carboxylic acids is 1. The highest BCUT2D eigenvalue weighted by Crippen LogP contribution is 2.17. The number of aromatic carboxylic acids is 1. The number of rotatable bonds is 5. The second-order valence-corrected chi connectivity index (χ2v) is 7.25. The van der Waals surface area contributed by atoms with E-state index in [4.69, 9.17) is 5.11 Å². The fourth-order valence-corrected chi connectivity index (χ4v) is 4.16. The van der Waals surface area contributed by atoms with Crippen molar-refractivity contribution in [1.82, 2.24) is 5.32 Å². The number of benzene rings is 1. The summed E-state index contributed by atoms with van der Waals surface area (Å²) < 4.78 is 36.0. The van der Waals surface area contributed by atoms with E-state index in [1.807, 2.05) is 0 Å². The maximum atomic E-state index is 13.4. The van der Waals surface area contributed by atoms with Crippen LogP contribution in [0.25, 0.3) is 0 Å². The number of hydrogen-bond acceptors (Lipinski definition) is 4. The first-order chi connectivity index (χ1) is 9.37. The van der Waals surface area contributed by atoms with E-state index in [2.05, 4.69) is 5.32 Å². The summed E-state index contributed by atoms with van der Waals surface area (Å²) in [4.78, 5) is 10.7. The summed E-state index contributed by atoms with van der Waals surface area (Å²) in [7, 11) is -2.88. The van der Waals surface area contributed by atoms with Gasteiger partial charge >= 0.3 is 5.97 Å². The van der Waals surface area contributed by atoms with E-state index in [-0.39, 0.29) is 23.0 Å². The standard InChI is InChI=1S/C13H16FNO4S/c14-12-5-9(1-2-11(12)13(16)17)6-15-7-10-3-4-20(18,19)8-10/h1-2,5,10,15H,3-4,6-8H2,(H,16,17). The number of halogens is 1. The SMILES string of the molecule is O=C(O)c1ccc(CNCC2CCS(=O)(=O)C2)cc1F. The lowest BCUT2D eigenvalue weighted by Gasteiger charge is -2.10. The van der Waals surface area contributed by atoms with Crippen LogP contribution in [0, 0.1) is 11.7 Å². The number of hydrogen-bond donors (Lipinski definition) is 2. The third-order valence-electron chi connectivity index (χ3n) is 3.35. The first-order valence-corrected chi connectivity index (χ1v) is 8.12. The van der Waals surface area contributed by atoms with Gasteiger partial charge in [0.2, 0.25) is 0 Å². The summed E-state index contributed by atoms with van der Waals surface area (Å²) in [5.41, 5.74) is 0.281. The number of carbonyl (C=O) groups is 1. The predicted molar refractivity (Wildman–Crippen MR) is 71.8 cm³/mol. The summed E-state index contributed by atoms with van der Waals surface area (Å²) in [6, 6.07) is 3.96. The Kier molecular flexibility index (Phi) is 4.39. The van der Waals surface area contributed by atoms with Gasteiger partial charge in [0, 0.05) is 6.54 Å². The number of carboxylic acid groups (broad SMARTS) is 1. The van der Waals surface area contributed by atoms with Crippen molar-refractivity contribution in [2.24, 2.45) is 5.92 Å². The molecule has 110 valence electrons. The number of sulfone groups is 1. The molecule has 5 nitrogen and oxygen atoms in total. The minimum Gasteiger partial charge on any atom is -0.478 e. The zero-order chi connectivity index (χ0) is 14.8. The molecular formula is C13H16FNO4S. The molecule has 2 rings (SSSR count). The fourth-order valence-electron chi connectivity index (χ4n) is 2.30. The van der Waals surface area contributed by atoms with E-state index in [1.165, 1.54) is 12.1 Å². The smallest absolute Gasteiger partial charge is 0.338 e. The molecule has 1 aromatic rings. The van der Waals surface area contributed by atoms with Crippen molar-refractivity contribution in [3.63, 3.8) is 0 Å².